The lowest BCUT2D eigenvalue weighted by molar-refractivity contribution is -0.114. The zero-order chi connectivity index (χ0) is 19.4. The fourth-order valence-electron chi connectivity index (χ4n) is 2.73. The number of benzene rings is 1. The van der Waals surface area contributed by atoms with Gasteiger partial charge in [-0.05, 0) is 37.6 Å². The molecule has 2 N–H and O–H groups in total. The highest BCUT2D eigenvalue weighted by atomic mass is 32.2. The quantitative estimate of drug-likeness (QED) is 0.683. The number of rotatable bonds is 6. The molecule has 3 rings (SSSR count). The second kappa shape index (κ2) is 8.22. The van der Waals surface area contributed by atoms with Crippen LogP contribution in [0.15, 0.2) is 36.5 Å². The predicted octanol–water partition coefficient (Wildman–Crippen LogP) is 2.90. The van der Waals surface area contributed by atoms with Crippen molar-refractivity contribution in [2.75, 3.05) is 22.1 Å². The lowest BCUT2D eigenvalue weighted by atomic mass is 10.2. The highest BCUT2D eigenvalue weighted by Crippen LogP contribution is 2.19. The van der Waals surface area contributed by atoms with Crippen molar-refractivity contribution in [3.05, 3.63) is 47.8 Å². The number of pyridine rings is 1. The molecule has 1 aromatic carbocycles. The summed E-state index contributed by atoms with van der Waals surface area (Å²) in [5, 5.41) is 10.8. The third-order valence-corrected chi connectivity index (χ3v) is 4.85. The fourth-order valence-corrected chi connectivity index (χ4v) is 3.35. The van der Waals surface area contributed by atoms with Crippen LogP contribution in [0.5, 0.6) is 0 Å². The van der Waals surface area contributed by atoms with Crippen LogP contribution in [0.3, 0.4) is 0 Å². The van der Waals surface area contributed by atoms with Gasteiger partial charge in [-0.1, -0.05) is 12.1 Å². The molecule has 0 unspecified atom stereocenters. The number of fused-ring (bicyclic) bond motifs is 1. The molecule has 0 spiro atoms. The Labute approximate surface area is 161 Å². The Hall–Kier alpha value is -2.87. The van der Waals surface area contributed by atoms with Crippen molar-refractivity contribution in [2.24, 2.45) is 7.05 Å². The van der Waals surface area contributed by atoms with E-state index in [9.17, 15) is 9.59 Å². The molecule has 8 heteroatoms. The molecule has 0 aliphatic heterocycles. The van der Waals surface area contributed by atoms with Crippen LogP contribution in [0.25, 0.3) is 11.0 Å². The number of hydrogen-bond acceptors (Lipinski definition) is 5. The van der Waals surface area contributed by atoms with Crippen molar-refractivity contribution in [1.29, 1.82) is 0 Å². The number of hydrogen-bond donors (Lipinski definition) is 2. The number of nitrogens with one attached hydrogen (secondary N) is 2. The summed E-state index contributed by atoms with van der Waals surface area (Å²) in [6, 6.07) is 9.46. The molecule has 2 amide bonds. The van der Waals surface area contributed by atoms with Crippen molar-refractivity contribution in [2.45, 2.75) is 13.8 Å². The number of carbonyl (C=O) groups is 2. The zero-order valence-electron chi connectivity index (χ0n) is 15.4. The molecule has 140 valence electrons. The van der Waals surface area contributed by atoms with Gasteiger partial charge in [-0.25, -0.2) is 4.98 Å². The maximum absolute atomic E-state index is 12.1. The Morgan fingerprint density at radius 3 is 2.48 bits per heavy atom. The predicted molar refractivity (Wildman–Crippen MR) is 109 cm³/mol. The normalized spacial score (nSPS) is 10.8. The first-order valence-corrected chi connectivity index (χ1v) is 9.61. The van der Waals surface area contributed by atoms with Gasteiger partial charge >= 0.3 is 0 Å². The van der Waals surface area contributed by atoms with Gasteiger partial charge in [0.25, 0.3) is 0 Å². The van der Waals surface area contributed by atoms with E-state index >= 15 is 0 Å². The molecule has 3 aromatic rings. The summed E-state index contributed by atoms with van der Waals surface area (Å²) in [5.41, 5.74) is 4.09. The van der Waals surface area contributed by atoms with Gasteiger partial charge in [0.1, 0.15) is 0 Å². The van der Waals surface area contributed by atoms with Crippen LogP contribution in [0.1, 0.15) is 11.3 Å². The molecule has 2 aromatic heterocycles. The van der Waals surface area contributed by atoms with E-state index in [-0.39, 0.29) is 23.3 Å². The standard InChI is InChI=1S/C19H21N5O2S/c1-12-5-4-6-14(7-12)21-17(25)10-27-11-18(26)22-15-8-16-13(2)23-24(3)19(16)20-9-15/h4-9H,10-11H2,1-3H3,(H,21,25)(H,22,26). The largest absolute Gasteiger partial charge is 0.325 e. The third-order valence-electron chi connectivity index (χ3n) is 3.91. The highest BCUT2D eigenvalue weighted by molar-refractivity contribution is 8.00. The van der Waals surface area contributed by atoms with Crippen molar-refractivity contribution in [3.8, 4) is 0 Å². The topological polar surface area (TPSA) is 88.9 Å². The van der Waals surface area contributed by atoms with Gasteiger partial charge in [-0.3, -0.25) is 14.3 Å². The van der Waals surface area contributed by atoms with Crippen LogP contribution in [-0.2, 0) is 16.6 Å². The Kier molecular flexibility index (Phi) is 5.75. The Balaban J connectivity index is 1.48. The van der Waals surface area contributed by atoms with E-state index in [4.69, 9.17) is 0 Å². The molecular weight excluding hydrogens is 362 g/mol. The first-order valence-electron chi connectivity index (χ1n) is 8.46. The average Bonchev–Trinajstić information content (AvgIpc) is 2.88. The second-order valence-corrected chi connectivity index (χ2v) is 7.25. The average molecular weight is 383 g/mol. The minimum absolute atomic E-state index is 0.132. The molecule has 0 saturated heterocycles. The molecular formula is C19H21N5O2S. The maximum atomic E-state index is 12.1. The SMILES string of the molecule is Cc1cccc(NC(=O)CSCC(=O)Nc2cnc3c(c2)c(C)nn3C)c1. The Bertz CT molecular complexity index is 999. The summed E-state index contributed by atoms with van der Waals surface area (Å²) in [6.45, 7) is 3.87. The number of aromatic nitrogens is 3. The summed E-state index contributed by atoms with van der Waals surface area (Å²) in [5.74, 6) is 0.0876. The molecule has 27 heavy (non-hydrogen) atoms. The summed E-state index contributed by atoms with van der Waals surface area (Å²) >= 11 is 1.26. The monoisotopic (exact) mass is 383 g/mol. The number of nitrogens with zero attached hydrogens (tertiary/aromatic N) is 3. The van der Waals surface area contributed by atoms with Gasteiger partial charge in [0.05, 0.1) is 29.1 Å². The molecule has 2 heterocycles. The maximum Gasteiger partial charge on any atom is 0.234 e. The number of amides is 2. The van der Waals surface area contributed by atoms with E-state index in [1.54, 1.807) is 10.9 Å². The molecule has 0 saturated carbocycles. The van der Waals surface area contributed by atoms with Crippen LogP contribution in [0.2, 0.25) is 0 Å². The van der Waals surface area contributed by atoms with Gasteiger partial charge in [0.2, 0.25) is 11.8 Å². The van der Waals surface area contributed by atoms with E-state index < -0.39 is 0 Å². The van der Waals surface area contributed by atoms with Crippen LogP contribution in [-0.4, -0.2) is 38.1 Å². The molecule has 0 aliphatic rings. The van der Waals surface area contributed by atoms with E-state index in [1.807, 2.05) is 51.2 Å². The van der Waals surface area contributed by atoms with Crippen LogP contribution in [0, 0.1) is 13.8 Å². The second-order valence-electron chi connectivity index (χ2n) is 6.26. The molecule has 7 nitrogen and oxygen atoms in total. The number of carbonyl (C=O) groups excluding carboxylic acids is 2. The molecule has 0 atom stereocenters. The fraction of sp³-hybridized carbons (Fsp3) is 0.263. The number of anilines is 2. The summed E-state index contributed by atoms with van der Waals surface area (Å²) in [7, 11) is 1.83. The van der Waals surface area contributed by atoms with Gasteiger partial charge in [-0.2, -0.15) is 5.10 Å². The zero-order valence-corrected chi connectivity index (χ0v) is 16.3. The van der Waals surface area contributed by atoms with E-state index in [0.29, 0.717) is 5.69 Å². The van der Waals surface area contributed by atoms with Crippen molar-refractivity contribution >= 4 is 46.0 Å². The van der Waals surface area contributed by atoms with Gasteiger partial charge < -0.3 is 10.6 Å². The molecule has 0 bridgehead atoms. The van der Waals surface area contributed by atoms with Crippen molar-refractivity contribution in [3.63, 3.8) is 0 Å². The molecule has 0 fully saturated rings. The number of aryl methyl sites for hydroxylation is 3. The first-order chi connectivity index (χ1) is 12.9. The summed E-state index contributed by atoms with van der Waals surface area (Å²) in [4.78, 5) is 28.4. The number of thioether (sulfide) groups is 1. The van der Waals surface area contributed by atoms with E-state index in [2.05, 4.69) is 20.7 Å². The minimum Gasteiger partial charge on any atom is -0.325 e. The van der Waals surface area contributed by atoms with Crippen LogP contribution < -0.4 is 10.6 Å². The van der Waals surface area contributed by atoms with Gasteiger partial charge in [0.15, 0.2) is 5.65 Å². The van der Waals surface area contributed by atoms with E-state index in [0.717, 1.165) is 28.0 Å². The van der Waals surface area contributed by atoms with Crippen molar-refractivity contribution < 1.29 is 9.59 Å². The lowest BCUT2D eigenvalue weighted by Crippen LogP contribution is -2.18. The van der Waals surface area contributed by atoms with Gasteiger partial charge in [0, 0.05) is 18.1 Å². The molecule has 0 aliphatic carbocycles. The third kappa shape index (κ3) is 4.85. The minimum atomic E-state index is -0.175. The summed E-state index contributed by atoms with van der Waals surface area (Å²) < 4.78 is 1.71. The van der Waals surface area contributed by atoms with Crippen LogP contribution in [0.4, 0.5) is 11.4 Å². The lowest BCUT2D eigenvalue weighted by Gasteiger charge is -2.07. The Morgan fingerprint density at radius 2 is 1.78 bits per heavy atom. The highest BCUT2D eigenvalue weighted by Gasteiger charge is 2.10. The van der Waals surface area contributed by atoms with Crippen LogP contribution >= 0.6 is 11.8 Å². The van der Waals surface area contributed by atoms with E-state index in [1.165, 1.54) is 11.8 Å². The van der Waals surface area contributed by atoms with Crippen molar-refractivity contribution in [1.82, 2.24) is 14.8 Å². The summed E-state index contributed by atoms with van der Waals surface area (Å²) in [6.07, 6.45) is 1.61. The smallest absolute Gasteiger partial charge is 0.234 e. The first kappa shape index (κ1) is 18.9. The molecule has 0 radical (unpaired) electrons. The Morgan fingerprint density at radius 1 is 1.07 bits per heavy atom. The van der Waals surface area contributed by atoms with Gasteiger partial charge in [-0.15, -0.1) is 11.8 Å².